The fourth-order valence-electron chi connectivity index (χ4n) is 3.71. The summed E-state index contributed by atoms with van der Waals surface area (Å²) < 4.78 is 7.62. The highest BCUT2D eigenvalue weighted by molar-refractivity contribution is 9.10. The van der Waals surface area contributed by atoms with Gasteiger partial charge in [0.25, 0.3) is 0 Å². The molecule has 2 nitrogen and oxygen atoms in total. The van der Waals surface area contributed by atoms with Gasteiger partial charge in [-0.05, 0) is 57.1 Å². The first kappa shape index (κ1) is 16.1. The lowest BCUT2D eigenvalue weighted by Crippen LogP contribution is -2.48. The summed E-state index contributed by atoms with van der Waals surface area (Å²) in [7, 11) is 4.34. The Morgan fingerprint density at radius 2 is 2.15 bits per heavy atom. The molecule has 1 aliphatic carbocycles. The van der Waals surface area contributed by atoms with Gasteiger partial charge in [0.2, 0.25) is 0 Å². The lowest BCUT2D eigenvalue weighted by Gasteiger charge is -2.41. The van der Waals surface area contributed by atoms with Crippen molar-refractivity contribution in [1.29, 1.82) is 0 Å². The van der Waals surface area contributed by atoms with Gasteiger partial charge in [0.15, 0.2) is 0 Å². The van der Waals surface area contributed by atoms with Gasteiger partial charge in [-0.3, -0.25) is 0 Å². The van der Waals surface area contributed by atoms with Crippen LogP contribution in [0.15, 0.2) is 22.7 Å². The molecular formula is C16H23BrClNO. The second-order valence-corrected chi connectivity index (χ2v) is 7.22. The SMILES string of the molecule is CN(C)C[C@H]1CCCC[C@]12Cc1cc(Br)ccc1O2.Cl. The maximum absolute atomic E-state index is 6.46. The second-order valence-electron chi connectivity index (χ2n) is 6.30. The van der Waals surface area contributed by atoms with E-state index in [-0.39, 0.29) is 18.0 Å². The van der Waals surface area contributed by atoms with Crippen molar-refractivity contribution < 1.29 is 4.74 Å². The molecule has 1 aromatic carbocycles. The van der Waals surface area contributed by atoms with E-state index in [1.54, 1.807) is 0 Å². The molecule has 1 spiro atoms. The van der Waals surface area contributed by atoms with Crippen molar-refractivity contribution in [2.24, 2.45) is 5.92 Å². The highest BCUT2D eigenvalue weighted by Crippen LogP contribution is 2.47. The van der Waals surface area contributed by atoms with Crippen LogP contribution in [-0.2, 0) is 6.42 Å². The molecule has 4 heteroatoms. The van der Waals surface area contributed by atoms with E-state index >= 15 is 0 Å². The summed E-state index contributed by atoms with van der Waals surface area (Å²) in [5, 5.41) is 0. The van der Waals surface area contributed by atoms with Crippen molar-refractivity contribution in [1.82, 2.24) is 4.90 Å². The summed E-state index contributed by atoms with van der Waals surface area (Å²) in [6.45, 7) is 1.13. The second kappa shape index (κ2) is 6.25. The van der Waals surface area contributed by atoms with Gasteiger partial charge in [-0.15, -0.1) is 12.4 Å². The summed E-state index contributed by atoms with van der Waals surface area (Å²) in [5.41, 5.74) is 1.44. The van der Waals surface area contributed by atoms with Gasteiger partial charge in [-0.2, -0.15) is 0 Å². The molecule has 3 rings (SSSR count). The molecular weight excluding hydrogens is 338 g/mol. The Morgan fingerprint density at radius 1 is 1.35 bits per heavy atom. The molecule has 0 saturated heterocycles. The van der Waals surface area contributed by atoms with Crippen LogP contribution < -0.4 is 4.74 Å². The molecule has 0 amide bonds. The van der Waals surface area contributed by atoms with Crippen LogP contribution in [0, 0.1) is 5.92 Å². The quantitative estimate of drug-likeness (QED) is 0.780. The van der Waals surface area contributed by atoms with E-state index in [1.165, 1.54) is 31.2 Å². The Bertz CT molecular complexity index is 480. The average Bonchev–Trinajstić information content (AvgIpc) is 2.70. The van der Waals surface area contributed by atoms with Crippen molar-refractivity contribution in [2.45, 2.75) is 37.7 Å². The minimum absolute atomic E-state index is 0. The van der Waals surface area contributed by atoms with E-state index in [0.29, 0.717) is 5.92 Å². The van der Waals surface area contributed by atoms with Gasteiger partial charge in [0, 0.05) is 23.4 Å². The lowest BCUT2D eigenvalue weighted by atomic mass is 9.73. The molecule has 0 radical (unpaired) electrons. The number of ether oxygens (including phenoxy) is 1. The van der Waals surface area contributed by atoms with Crippen LogP contribution in [0.2, 0.25) is 0 Å². The number of halogens is 2. The van der Waals surface area contributed by atoms with E-state index in [0.717, 1.165) is 23.2 Å². The molecule has 0 bridgehead atoms. The summed E-state index contributed by atoms with van der Waals surface area (Å²) >= 11 is 3.57. The number of benzene rings is 1. The van der Waals surface area contributed by atoms with Crippen LogP contribution in [-0.4, -0.2) is 31.1 Å². The normalized spacial score (nSPS) is 28.1. The van der Waals surface area contributed by atoms with Gasteiger partial charge in [-0.1, -0.05) is 22.4 Å². The molecule has 1 fully saturated rings. The molecule has 0 aromatic heterocycles. The van der Waals surface area contributed by atoms with Gasteiger partial charge in [0.05, 0.1) is 0 Å². The molecule has 112 valence electrons. The van der Waals surface area contributed by atoms with Crippen molar-refractivity contribution in [3.63, 3.8) is 0 Å². The predicted molar refractivity (Wildman–Crippen MR) is 89.0 cm³/mol. The van der Waals surface area contributed by atoms with Crippen molar-refractivity contribution in [3.8, 4) is 5.75 Å². The third-order valence-electron chi connectivity index (χ3n) is 4.56. The van der Waals surface area contributed by atoms with Crippen LogP contribution in [0.3, 0.4) is 0 Å². The molecule has 1 heterocycles. The zero-order valence-corrected chi connectivity index (χ0v) is 14.6. The van der Waals surface area contributed by atoms with E-state index in [2.05, 4.69) is 53.1 Å². The first-order valence-corrected chi connectivity index (χ1v) is 8.00. The van der Waals surface area contributed by atoms with Crippen LogP contribution in [0.25, 0.3) is 0 Å². The number of hydrogen-bond acceptors (Lipinski definition) is 2. The number of rotatable bonds is 2. The van der Waals surface area contributed by atoms with Crippen molar-refractivity contribution in [3.05, 3.63) is 28.2 Å². The minimum Gasteiger partial charge on any atom is -0.486 e. The molecule has 2 atom stereocenters. The lowest BCUT2D eigenvalue weighted by molar-refractivity contribution is -0.0150. The maximum Gasteiger partial charge on any atom is 0.123 e. The maximum atomic E-state index is 6.46. The number of fused-ring (bicyclic) bond motifs is 1. The Morgan fingerprint density at radius 3 is 2.90 bits per heavy atom. The van der Waals surface area contributed by atoms with Gasteiger partial charge >= 0.3 is 0 Å². The highest BCUT2D eigenvalue weighted by atomic mass is 79.9. The fourth-order valence-corrected chi connectivity index (χ4v) is 4.12. The first-order chi connectivity index (χ1) is 9.09. The Balaban J connectivity index is 0.00000147. The van der Waals surface area contributed by atoms with E-state index in [9.17, 15) is 0 Å². The van der Waals surface area contributed by atoms with Crippen LogP contribution in [0.1, 0.15) is 31.2 Å². The molecule has 1 saturated carbocycles. The third-order valence-corrected chi connectivity index (χ3v) is 5.05. The molecule has 20 heavy (non-hydrogen) atoms. The average molecular weight is 361 g/mol. The Hall–Kier alpha value is -0.250. The fraction of sp³-hybridized carbons (Fsp3) is 0.625. The molecule has 1 aliphatic heterocycles. The minimum atomic E-state index is 0. The Labute approximate surface area is 136 Å². The topological polar surface area (TPSA) is 12.5 Å². The van der Waals surface area contributed by atoms with E-state index < -0.39 is 0 Å². The third kappa shape index (κ3) is 3.00. The van der Waals surface area contributed by atoms with Crippen molar-refractivity contribution >= 4 is 28.3 Å². The Kier molecular flexibility index (Phi) is 5.04. The first-order valence-electron chi connectivity index (χ1n) is 7.21. The van der Waals surface area contributed by atoms with Gasteiger partial charge in [0.1, 0.15) is 11.4 Å². The molecule has 0 unspecified atom stereocenters. The summed E-state index contributed by atoms with van der Waals surface area (Å²) in [5.74, 6) is 1.76. The summed E-state index contributed by atoms with van der Waals surface area (Å²) in [6.07, 6.45) is 6.24. The monoisotopic (exact) mass is 359 g/mol. The van der Waals surface area contributed by atoms with Crippen molar-refractivity contribution in [2.75, 3.05) is 20.6 Å². The van der Waals surface area contributed by atoms with Crippen LogP contribution in [0.4, 0.5) is 0 Å². The van der Waals surface area contributed by atoms with E-state index in [4.69, 9.17) is 4.74 Å². The molecule has 1 aromatic rings. The molecule has 2 aliphatic rings. The van der Waals surface area contributed by atoms with Gasteiger partial charge in [-0.25, -0.2) is 0 Å². The summed E-state index contributed by atoms with van der Waals surface area (Å²) in [4.78, 5) is 2.31. The van der Waals surface area contributed by atoms with Crippen LogP contribution in [0.5, 0.6) is 5.75 Å². The smallest absolute Gasteiger partial charge is 0.123 e. The number of hydrogen-bond donors (Lipinski definition) is 0. The van der Waals surface area contributed by atoms with E-state index in [1.807, 2.05) is 0 Å². The highest BCUT2D eigenvalue weighted by Gasteiger charge is 2.47. The predicted octanol–water partition coefficient (Wildman–Crippen LogP) is 4.30. The standard InChI is InChI=1S/C16H22BrNO.ClH/c1-18(2)11-13-5-3-4-8-16(13)10-12-9-14(17)6-7-15(12)19-16;/h6-7,9,13H,3-5,8,10-11H2,1-2H3;1H/t13-,16+;/m1./s1. The van der Waals surface area contributed by atoms with Crippen LogP contribution >= 0.6 is 28.3 Å². The molecule has 0 N–H and O–H groups in total. The zero-order valence-electron chi connectivity index (χ0n) is 12.2. The number of nitrogens with zero attached hydrogens (tertiary/aromatic N) is 1. The van der Waals surface area contributed by atoms with Gasteiger partial charge < -0.3 is 9.64 Å². The zero-order chi connectivity index (χ0) is 13.5. The largest absolute Gasteiger partial charge is 0.486 e. The summed E-state index contributed by atoms with van der Waals surface area (Å²) in [6, 6.07) is 6.43.